The first-order chi connectivity index (χ1) is 0. The van der Waals surface area contributed by atoms with Gasteiger partial charge in [-0.15, -0.1) is 0 Å². The molecule has 0 aliphatic heterocycles. The SMILES string of the molecule is [Al+3].[Al+3].[Ba+2].[Ba+2].[Ba+2].[Ba+2].[Ba+2].[Ba+2].[P-3].[P-3].[P-3].[P-3].[P-3].[P-3]. The third-order valence-electron chi connectivity index (χ3n) is 0. The Morgan fingerprint density at radius 1 is 0.214 bits per heavy atom. The first-order valence-corrected chi connectivity index (χ1v) is 0. The minimum absolute atomic E-state index is 0. The van der Waals surface area contributed by atoms with Crippen LogP contribution in [0, 0.1) is 0 Å². The van der Waals surface area contributed by atoms with Crippen LogP contribution in [0.15, 0.2) is 0 Å². The van der Waals surface area contributed by atoms with Crippen molar-refractivity contribution in [2.24, 2.45) is 0 Å². The zero-order valence-electron chi connectivity index (χ0n) is 8.08. The molecule has 0 aromatic carbocycles. The van der Waals surface area contributed by atoms with E-state index in [0.717, 1.165) is 0 Å². The standard InChI is InChI=1S/2Al.6Ba.6P/q2*+3;6*+2;6*-3. The molecule has 0 amide bonds. The van der Waals surface area contributed by atoms with Gasteiger partial charge in [0.05, 0.1) is 0 Å². The number of hydrogen-bond donors (Lipinski definition) is 0. The summed E-state index contributed by atoms with van der Waals surface area (Å²) in [6, 6.07) is 0. The Bertz CT molecular complexity index is 20.3. The van der Waals surface area contributed by atoms with Gasteiger partial charge in [0.25, 0.3) is 0 Å². The normalized spacial score (nSPS) is 0. The van der Waals surface area contributed by atoms with Crippen molar-refractivity contribution in [1.29, 1.82) is 0 Å². The molecule has 0 fully saturated rings. The largest absolute Gasteiger partial charge is 3.00 e. The van der Waals surface area contributed by atoms with Crippen LogP contribution in [0.2, 0.25) is 0 Å². The Balaban J connectivity index is 0. The minimum atomic E-state index is 0. The van der Waals surface area contributed by atoms with E-state index in [4.69, 9.17) is 0 Å². The molecule has 0 heterocycles. The summed E-state index contributed by atoms with van der Waals surface area (Å²) >= 11 is 0. The van der Waals surface area contributed by atoms with Gasteiger partial charge in [0, 0.05) is 0 Å². The number of hydrogen-bond acceptors (Lipinski definition) is 0. The van der Waals surface area contributed by atoms with E-state index in [1.54, 1.807) is 0 Å². The molecule has 0 aliphatic carbocycles. The fraction of sp³-hybridized carbons (Fsp3) is 0. The van der Waals surface area contributed by atoms with Crippen molar-refractivity contribution in [2.75, 3.05) is 0 Å². The van der Waals surface area contributed by atoms with Crippen LogP contribution in [-0.4, -0.2) is 328 Å². The molecule has 0 unspecified atom stereocenters. The van der Waals surface area contributed by atoms with Gasteiger partial charge in [-0.2, -0.15) is 0 Å². The van der Waals surface area contributed by atoms with E-state index in [1.165, 1.54) is 0 Å². The van der Waals surface area contributed by atoms with E-state index in [-0.39, 0.29) is 387 Å². The van der Waals surface area contributed by atoms with Crippen LogP contribution >= 0.6 is 59.4 Å². The van der Waals surface area contributed by atoms with Crippen LogP contribution in [0.25, 0.3) is 0 Å². The summed E-state index contributed by atoms with van der Waals surface area (Å²) in [5.74, 6) is 0. The fourth-order valence-corrected chi connectivity index (χ4v) is 0. The molecule has 0 aliphatic rings. The van der Waals surface area contributed by atoms with Gasteiger partial charge in [-0.1, -0.05) is 0 Å². The molecule has 0 bridgehead atoms. The second kappa shape index (κ2) is 95.9. The number of rotatable bonds is 0. The molecule has 0 aromatic heterocycles. The molecular formula is Al2Ba6P6. The summed E-state index contributed by atoms with van der Waals surface area (Å²) in [7, 11) is 0. The molecule has 0 spiro atoms. The smallest absolute Gasteiger partial charge is 3.00 e. The maximum absolute atomic E-state index is 0. The van der Waals surface area contributed by atoms with E-state index < -0.39 is 0 Å². The average molecular weight is 1060 g/mol. The molecule has 0 nitrogen and oxygen atoms in total. The van der Waals surface area contributed by atoms with Crippen molar-refractivity contribution in [3.05, 3.63) is 0 Å². The average Bonchev–Trinajstić information content (AvgIpc) is 0. The summed E-state index contributed by atoms with van der Waals surface area (Å²) in [5.41, 5.74) is 0. The Labute approximate surface area is 373 Å². The monoisotopic (exact) mass is 1070 g/mol. The van der Waals surface area contributed by atoms with E-state index in [1.807, 2.05) is 0 Å². The quantitative estimate of drug-likeness (QED) is 0.258. The van der Waals surface area contributed by atoms with E-state index in [2.05, 4.69) is 0 Å². The molecule has 48 valence electrons. The zero-order valence-corrected chi connectivity index (χ0v) is 42.4. The summed E-state index contributed by atoms with van der Waals surface area (Å²) in [5, 5.41) is 0. The van der Waals surface area contributed by atoms with Crippen LogP contribution in [0.3, 0.4) is 0 Å². The molecule has 0 aromatic rings. The van der Waals surface area contributed by atoms with Crippen LogP contribution < -0.4 is 0 Å². The van der Waals surface area contributed by atoms with Gasteiger partial charge in [0.1, 0.15) is 0 Å². The predicted molar refractivity (Wildman–Crippen MR) is 87.6 cm³/mol. The third-order valence-corrected chi connectivity index (χ3v) is 0. The summed E-state index contributed by atoms with van der Waals surface area (Å²) in [6.45, 7) is 0. The van der Waals surface area contributed by atoms with Crippen molar-refractivity contribution >= 4 is 387 Å². The van der Waals surface area contributed by atoms with Gasteiger partial charge in [-0.25, -0.2) is 0 Å². The zero-order chi connectivity index (χ0) is 0. The van der Waals surface area contributed by atoms with Gasteiger partial charge >= 0.3 is 328 Å². The van der Waals surface area contributed by atoms with Gasteiger partial charge in [0.2, 0.25) is 0 Å². The second-order valence-electron chi connectivity index (χ2n) is 0. The molecule has 14 heavy (non-hydrogen) atoms. The first-order valence-electron chi connectivity index (χ1n) is 0. The molecule has 0 saturated heterocycles. The topological polar surface area (TPSA) is 0 Å². The van der Waals surface area contributed by atoms with Crippen molar-refractivity contribution < 1.29 is 0 Å². The Morgan fingerprint density at radius 3 is 0.214 bits per heavy atom. The van der Waals surface area contributed by atoms with Crippen LogP contribution in [0.5, 0.6) is 0 Å². The van der Waals surface area contributed by atoms with Gasteiger partial charge in [0.15, 0.2) is 0 Å². The third kappa shape index (κ3) is 85.0. The van der Waals surface area contributed by atoms with E-state index >= 15 is 0 Å². The van der Waals surface area contributed by atoms with Crippen LogP contribution in [0.1, 0.15) is 0 Å². The fourth-order valence-electron chi connectivity index (χ4n) is 0. The molecule has 14 heteroatoms. The van der Waals surface area contributed by atoms with Crippen LogP contribution in [0.4, 0.5) is 0 Å². The predicted octanol–water partition coefficient (Wildman–Crippen LogP) is 2.12. The first kappa shape index (κ1) is 108. The maximum Gasteiger partial charge on any atom is 3.00 e. The second-order valence-corrected chi connectivity index (χ2v) is 0. The maximum atomic E-state index is 0. The molecular weight excluding hydrogens is 1060 g/mol. The van der Waals surface area contributed by atoms with Gasteiger partial charge in [-0.05, 0) is 0 Å². The Morgan fingerprint density at radius 2 is 0.214 bits per heavy atom. The van der Waals surface area contributed by atoms with Crippen molar-refractivity contribution in [3.63, 3.8) is 0 Å². The molecule has 0 radical (unpaired) electrons. The molecule has 0 saturated carbocycles. The van der Waals surface area contributed by atoms with Gasteiger partial charge in [-0.3, -0.25) is 0 Å². The van der Waals surface area contributed by atoms with E-state index in [0.29, 0.717) is 0 Å². The van der Waals surface area contributed by atoms with Gasteiger partial charge < -0.3 is 59.4 Å². The molecule has 0 N–H and O–H groups in total. The summed E-state index contributed by atoms with van der Waals surface area (Å²) in [4.78, 5) is 0. The molecule has 0 atom stereocenters. The summed E-state index contributed by atoms with van der Waals surface area (Å²) in [6.07, 6.45) is 0. The Hall–Kier alpha value is 13.1. The minimum Gasteiger partial charge on any atom is -3.00 e. The van der Waals surface area contributed by atoms with E-state index in [9.17, 15) is 0 Å². The van der Waals surface area contributed by atoms with Crippen molar-refractivity contribution in [1.82, 2.24) is 0 Å². The van der Waals surface area contributed by atoms with Crippen LogP contribution in [-0.2, 0) is 0 Å². The molecule has 0 rings (SSSR count). The Kier molecular flexibility index (Phi) is 738. The van der Waals surface area contributed by atoms with Crippen molar-refractivity contribution in [3.8, 4) is 0 Å². The van der Waals surface area contributed by atoms with Crippen molar-refractivity contribution in [2.45, 2.75) is 0 Å². The summed E-state index contributed by atoms with van der Waals surface area (Å²) < 4.78 is 0.